The zero-order chi connectivity index (χ0) is 18.1. The zero-order valence-electron chi connectivity index (χ0n) is 14.2. The number of ether oxygens (including phenoxy) is 3. The summed E-state index contributed by atoms with van der Waals surface area (Å²) in [5.74, 6) is 1.65. The topological polar surface area (TPSA) is 113 Å². The monoisotopic (exact) mass is 381 g/mol. The van der Waals surface area contributed by atoms with Crippen LogP contribution in [0.15, 0.2) is 27.6 Å². The van der Waals surface area contributed by atoms with E-state index in [4.69, 9.17) is 18.7 Å². The first-order valence-electron chi connectivity index (χ1n) is 8.37. The third-order valence-electron chi connectivity index (χ3n) is 4.25. The number of aromatic nitrogens is 2. The Labute approximate surface area is 150 Å². The second kappa shape index (κ2) is 6.86. The summed E-state index contributed by atoms with van der Waals surface area (Å²) in [7, 11) is -3.75. The van der Waals surface area contributed by atoms with Crippen molar-refractivity contribution in [2.45, 2.75) is 36.9 Å². The Kier molecular flexibility index (Phi) is 4.55. The molecule has 0 aliphatic carbocycles. The highest BCUT2D eigenvalue weighted by Gasteiger charge is 2.32. The number of sulfonamides is 1. The molecule has 2 aliphatic heterocycles. The van der Waals surface area contributed by atoms with Gasteiger partial charge in [0.1, 0.15) is 24.2 Å². The minimum absolute atomic E-state index is 0.0665. The van der Waals surface area contributed by atoms with E-state index in [9.17, 15) is 8.42 Å². The highest BCUT2D eigenvalue weighted by atomic mass is 32.2. The fraction of sp³-hybridized carbons (Fsp3) is 0.500. The van der Waals surface area contributed by atoms with Crippen molar-refractivity contribution in [3.8, 4) is 11.5 Å². The average molecular weight is 381 g/mol. The Morgan fingerprint density at radius 2 is 2.08 bits per heavy atom. The van der Waals surface area contributed by atoms with Gasteiger partial charge in [0.2, 0.25) is 10.0 Å². The summed E-state index contributed by atoms with van der Waals surface area (Å²) >= 11 is 0. The number of nitrogens with one attached hydrogen (secondary N) is 1. The van der Waals surface area contributed by atoms with Crippen LogP contribution in [-0.2, 0) is 14.8 Å². The number of hydrogen-bond donors (Lipinski definition) is 1. The van der Waals surface area contributed by atoms with Crippen LogP contribution in [0.25, 0.3) is 0 Å². The van der Waals surface area contributed by atoms with Gasteiger partial charge in [-0.25, -0.2) is 13.1 Å². The molecule has 1 saturated heterocycles. The minimum Gasteiger partial charge on any atom is -0.486 e. The number of benzene rings is 1. The summed E-state index contributed by atoms with van der Waals surface area (Å²) in [4.78, 5) is 4.23. The highest BCUT2D eigenvalue weighted by Crippen LogP contribution is 2.36. The molecule has 9 nitrogen and oxygen atoms in total. The van der Waals surface area contributed by atoms with Gasteiger partial charge in [-0.15, -0.1) is 0 Å². The molecule has 1 aromatic carbocycles. The largest absolute Gasteiger partial charge is 0.486 e. The fourth-order valence-corrected chi connectivity index (χ4v) is 4.24. The Morgan fingerprint density at radius 3 is 2.88 bits per heavy atom. The smallest absolute Gasteiger partial charge is 0.255 e. The van der Waals surface area contributed by atoms with Gasteiger partial charge in [0, 0.05) is 6.54 Å². The molecule has 0 bridgehead atoms. The molecule has 2 aliphatic rings. The number of nitrogens with zero attached hydrogens (tertiary/aromatic N) is 2. The van der Waals surface area contributed by atoms with Crippen LogP contribution >= 0.6 is 0 Å². The zero-order valence-corrected chi connectivity index (χ0v) is 15.0. The van der Waals surface area contributed by atoms with E-state index in [1.165, 1.54) is 6.07 Å². The molecule has 0 radical (unpaired) electrons. The van der Waals surface area contributed by atoms with Crippen LogP contribution in [0.1, 0.15) is 30.7 Å². The molecule has 2 aromatic rings. The number of fused-ring (bicyclic) bond motifs is 1. The molecule has 1 N–H and O–H groups in total. The summed E-state index contributed by atoms with van der Waals surface area (Å²) in [5.41, 5.74) is 0. The highest BCUT2D eigenvalue weighted by molar-refractivity contribution is 7.89. The van der Waals surface area contributed by atoms with E-state index in [0.717, 1.165) is 0 Å². The van der Waals surface area contributed by atoms with Crippen molar-refractivity contribution >= 4 is 10.0 Å². The van der Waals surface area contributed by atoms with Crippen molar-refractivity contribution < 1.29 is 27.2 Å². The lowest BCUT2D eigenvalue weighted by Crippen LogP contribution is -2.32. The molecule has 0 spiro atoms. The minimum atomic E-state index is -3.75. The predicted octanol–water partition coefficient (Wildman–Crippen LogP) is 1.35. The van der Waals surface area contributed by atoms with Gasteiger partial charge >= 0.3 is 0 Å². The lowest BCUT2D eigenvalue weighted by molar-refractivity contribution is 0.0290. The molecule has 4 rings (SSSR count). The van der Waals surface area contributed by atoms with Crippen molar-refractivity contribution in [3.63, 3.8) is 0 Å². The summed E-state index contributed by atoms with van der Waals surface area (Å²) in [6, 6.07) is 4.81. The Morgan fingerprint density at radius 1 is 1.23 bits per heavy atom. The molecule has 0 unspecified atom stereocenters. The summed E-state index contributed by atoms with van der Waals surface area (Å²) in [6.07, 6.45) is 0.831. The number of aryl methyl sites for hydroxylation is 1. The molecule has 1 fully saturated rings. The van der Waals surface area contributed by atoms with Crippen molar-refractivity contribution in [2.75, 3.05) is 19.8 Å². The van der Waals surface area contributed by atoms with Gasteiger partial charge in [-0.2, -0.15) is 4.98 Å². The van der Waals surface area contributed by atoms with Gasteiger partial charge in [0.05, 0.1) is 6.10 Å². The standard InChI is InChI=1S/C16H19N3O6S/c1-10-18-16(25-19-10)13-6-5-11(24-13)9-17-26(20,21)14-4-2-3-12-15(14)23-8-7-22-12/h2-4,11,13,17H,5-9H2,1H3/t11-,13+/m1/s1. The third kappa shape index (κ3) is 3.39. The summed E-state index contributed by atoms with van der Waals surface area (Å²) < 4.78 is 49.8. The predicted molar refractivity (Wildman–Crippen MR) is 88.5 cm³/mol. The van der Waals surface area contributed by atoms with Crippen LogP contribution in [0.4, 0.5) is 0 Å². The van der Waals surface area contributed by atoms with E-state index < -0.39 is 10.0 Å². The molecule has 0 amide bonds. The van der Waals surface area contributed by atoms with Crippen LogP contribution in [0.2, 0.25) is 0 Å². The van der Waals surface area contributed by atoms with Gasteiger partial charge in [-0.3, -0.25) is 0 Å². The van der Waals surface area contributed by atoms with Crippen LogP contribution in [-0.4, -0.2) is 44.4 Å². The van der Waals surface area contributed by atoms with E-state index in [0.29, 0.717) is 43.5 Å². The molecular weight excluding hydrogens is 362 g/mol. The van der Waals surface area contributed by atoms with Crippen LogP contribution < -0.4 is 14.2 Å². The Balaban J connectivity index is 1.42. The van der Waals surface area contributed by atoms with E-state index >= 15 is 0 Å². The fourth-order valence-electron chi connectivity index (χ4n) is 3.02. The third-order valence-corrected chi connectivity index (χ3v) is 5.69. The van der Waals surface area contributed by atoms with E-state index in [-0.39, 0.29) is 29.4 Å². The number of hydrogen-bond acceptors (Lipinski definition) is 8. The quantitative estimate of drug-likeness (QED) is 0.826. The summed E-state index contributed by atoms with van der Waals surface area (Å²) in [6.45, 7) is 2.60. The Hall–Kier alpha value is -2.17. The maximum absolute atomic E-state index is 12.7. The normalized spacial score (nSPS) is 22.5. The van der Waals surface area contributed by atoms with Crippen molar-refractivity contribution in [2.24, 2.45) is 0 Å². The van der Waals surface area contributed by atoms with E-state index in [1.807, 2.05) is 0 Å². The molecule has 0 saturated carbocycles. The molecule has 1 aromatic heterocycles. The molecule has 10 heteroatoms. The Bertz CT molecular complexity index is 897. The van der Waals surface area contributed by atoms with E-state index in [1.54, 1.807) is 19.1 Å². The first kappa shape index (κ1) is 17.3. The second-order valence-electron chi connectivity index (χ2n) is 6.14. The van der Waals surface area contributed by atoms with Gasteiger partial charge in [-0.1, -0.05) is 11.2 Å². The number of rotatable bonds is 5. The maximum Gasteiger partial charge on any atom is 0.255 e. The van der Waals surface area contributed by atoms with Gasteiger partial charge in [0.15, 0.2) is 17.3 Å². The maximum atomic E-state index is 12.7. The van der Waals surface area contributed by atoms with Gasteiger partial charge < -0.3 is 18.7 Å². The van der Waals surface area contributed by atoms with Gasteiger partial charge in [0.25, 0.3) is 5.89 Å². The van der Waals surface area contributed by atoms with Crippen LogP contribution in [0, 0.1) is 6.92 Å². The van der Waals surface area contributed by atoms with Crippen LogP contribution in [0.3, 0.4) is 0 Å². The van der Waals surface area contributed by atoms with E-state index in [2.05, 4.69) is 14.9 Å². The second-order valence-corrected chi connectivity index (χ2v) is 7.87. The molecule has 2 atom stereocenters. The lowest BCUT2D eigenvalue weighted by Gasteiger charge is -2.21. The first-order chi connectivity index (χ1) is 12.5. The lowest BCUT2D eigenvalue weighted by atomic mass is 10.2. The summed E-state index contributed by atoms with van der Waals surface area (Å²) in [5, 5.41) is 3.75. The molecule has 26 heavy (non-hydrogen) atoms. The molecule has 3 heterocycles. The van der Waals surface area contributed by atoms with Crippen molar-refractivity contribution in [3.05, 3.63) is 29.9 Å². The SMILES string of the molecule is Cc1noc([C@@H]2CC[C@H](CNS(=O)(=O)c3cccc4c3OCCO4)O2)n1. The molecule has 140 valence electrons. The van der Waals surface area contributed by atoms with Crippen molar-refractivity contribution in [1.29, 1.82) is 0 Å². The number of para-hydroxylation sites is 1. The average Bonchev–Trinajstić information content (AvgIpc) is 3.28. The first-order valence-corrected chi connectivity index (χ1v) is 9.85. The van der Waals surface area contributed by atoms with Crippen LogP contribution in [0.5, 0.6) is 11.5 Å². The van der Waals surface area contributed by atoms with Crippen molar-refractivity contribution in [1.82, 2.24) is 14.9 Å². The van der Waals surface area contributed by atoms with Gasteiger partial charge in [-0.05, 0) is 31.9 Å². The molecular formula is C16H19N3O6S.